The Labute approximate surface area is 102 Å². The van der Waals surface area contributed by atoms with Crippen LogP contribution in [0.3, 0.4) is 0 Å². The van der Waals surface area contributed by atoms with E-state index < -0.39 is 0 Å². The summed E-state index contributed by atoms with van der Waals surface area (Å²) in [5.74, 6) is 0.697. The summed E-state index contributed by atoms with van der Waals surface area (Å²) in [6.45, 7) is 8.12. The van der Waals surface area contributed by atoms with Crippen LogP contribution >= 0.6 is 0 Å². The molecule has 0 aliphatic rings. The van der Waals surface area contributed by atoms with Crippen LogP contribution < -0.4 is 11.1 Å². The summed E-state index contributed by atoms with van der Waals surface area (Å²) in [4.78, 5) is 6.44. The Bertz CT molecular complexity index is 392. The molecule has 0 unspecified atom stereocenters. The van der Waals surface area contributed by atoms with Gasteiger partial charge in [-0.3, -0.25) is 0 Å². The lowest BCUT2D eigenvalue weighted by atomic mass is 10.3. The standard InChI is InChI=1S/C12H19N5/c1-3-17(4-2)8-7-15-12-6-5-10(14)11(9-13)16-12/h5-6H,3-4,7-8,14H2,1-2H3,(H,15,16). The molecule has 0 aliphatic carbocycles. The van der Waals surface area contributed by atoms with Crippen molar-refractivity contribution in [1.29, 1.82) is 5.26 Å². The SMILES string of the molecule is CCN(CC)CCNc1ccc(N)c(C#N)n1. The maximum absolute atomic E-state index is 8.80. The van der Waals surface area contributed by atoms with Gasteiger partial charge in [0.25, 0.3) is 0 Å². The van der Waals surface area contributed by atoms with Crippen LogP contribution in [0.15, 0.2) is 12.1 Å². The minimum absolute atomic E-state index is 0.276. The van der Waals surface area contributed by atoms with Gasteiger partial charge in [-0.1, -0.05) is 13.8 Å². The molecule has 0 aliphatic heterocycles. The quantitative estimate of drug-likeness (QED) is 0.774. The molecule has 17 heavy (non-hydrogen) atoms. The molecule has 5 nitrogen and oxygen atoms in total. The topological polar surface area (TPSA) is 78.0 Å². The molecule has 0 spiro atoms. The van der Waals surface area contributed by atoms with Crippen molar-refractivity contribution in [2.45, 2.75) is 13.8 Å². The third-order valence-electron chi connectivity index (χ3n) is 2.66. The molecule has 0 fully saturated rings. The van der Waals surface area contributed by atoms with E-state index in [0.29, 0.717) is 11.5 Å². The molecule has 0 saturated heterocycles. The molecule has 1 heterocycles. The number of nitrogen functional groups attached to an aromatic ring is 1. The number of pyridine rings is 1. The fraction of sp³-hybridized carbons (Fsp3) is 0.500. The molecule has 1 aromatic heterocycles. The molecule has 0 radical (unpaired) electrons. The van der Waals surface area contributed by atoms with Crippen molar-refractivity contribution >= 4 is 11.5 Å². The van der Waals surface area contributed by atoms with E-state index in [0.717, 1.165) is 26.2 Å². The van der Waals surface area contributed by atoms with Crippen molar-refractivity contribution in [1.82, 2.24) is 9.88 Å². The fourth-order valence-electron chi connectivity index (χ4n) is 1.54. The fourth-order valence-corrected chi connectivity index (χ4v) is 1.54. The molecule has 5 heteroatoms. The van der Waals surface area contributed by atoms with Crippen LogP contribution in [-0.4, -0.2) is 36.1 Å². The van der Waals surface area contributed by atoms with Crippen LogP contribution in [0.5, 0.6) is 0 Å². The number of nitrogens with one attached hydrogen (secondary N) is 1. The minimum atomic E-state index is 0.276. The van der Waals surface area contributed by atoms with Crippen LogP contribution in [0.4, 0.5) is 11.5 Å². The molecular formula is C12H19N5. The van der Waals surface area contributed by atoms with Gasteiger partial charge in [-0.15, -0.1) is 0 Å². The smallest absolute Gasteiger partial charge is 0.165 e. The number of anilines is 2. The van der Waals surface area contributed by atoms with E-state index in [2.05, 4.69) is 29.0 Å². The summed E-state index contributed by atoms with van der Waals surface area (Å²) in [5.41, 5.74) is 6.29. The second-order valence-electron chi connectivity index (χ2n) is 3.70. The van der Waals surface area contributed by atoms with E-state index in [1.54, 1.807) is 12.1 Å². The molecule has 0 amide bonds. The van der Waals surface area contributed by atoms with Gasteiger partial charge in [-0.05, 0) is 25.2 Å². The van der Waals surface area contributed by atoms with Gasteiger partial charge < -0.3 is 16.0 Å². The average Bonchev–Trinajstić information content (AvgIpc) is 2.36. The van der Waals surface area contributed by atoms with Crippen molar-refractivity contribution < 1.29 is 0 Å². The van der Waals surface area contributed by atoms with E-state index in [1.807, 2.05) is 6.07 Å². The highest BCUT2D eigenvalue weighted by molar-refractivity contribution is 5.54. The highest BCUT2D eigenvalue weighted by atomic mass is 15.1. The molecule has 0 aromatic carbocycles. The van der Waals surface area contributed by atoms with E-state index in [-0.39, 0.29) is 5.69 Å². The first-order valence-electron chi connectivity index (χ1n) is 5.84. The highest BCUT2D eigenvalue weighted by Crippen LogP contribution is 2.11. The molecule has 3 N–H and O–H groups in total. The summed E-state index contributed by atoms with van der Waals surface area (Å²) >= 11 is 0. The van der Waals surface area contributed by atoms with Gasteiger partial charge >= 0.3 is 0 Å². The second-order valence-corrected chi connectivity index (χ2v) is 3.70. The van der Waals surface area contributed by atoms with Gasteiger partial charge in [-0.25, -0.2) is 4.98 Å². The van der Waals surface area contributed by atoms with Gasteiger partial charge in [0.15, 0.2) is 5.69 Å². The number of likely N-dealkylation sites (N-methyl/N-ethyl adjacent to an activating group) is 1. The zero-order chi connectivity index (χ0) is 12.7. The summed E-state index contributed by atoms with van der Waals surface area (Å²) in [5, 5.41) is 12.0. The van der Waals surface area contributed by atoms with Gasteiger partial charge in [0.1, 0.15) is 11.9 Å². The molecule has 0 saturated carbocycles. The third kappa shape index (κ3) is 3.93. The maximum atomic E-state index is 8.80. The lowest BCUT2D eigenvalue weighted by Crippen LogP contribution is -2.28. The number of hydrogen-bond acceptors (Lipinski definition) is 5. The Morgan fingerprint density at radius 2 is 2.12 bits per heavy atom. The molecular weight excluding hydrogens is 214 g/mol. The monoisotopic (exact) mass is 233 g/mol. The van der Waals surface area contributed by atoms with Crippen molar-refractivity contribution in [2.24, 2.45) is 0 Å². The van der Waals surface area contributed by atoms with Crippen LogP contribution in [0, 0.1) is 11.3 Å². The number of aromatic nitrogens is 1. The van der Waals surface area contributed by atoms with Crippen LogP contribution in [0.2, 0.25) is 0 Å². The van der Waals surface area contributed by atoms with Crippen molar-refractivity contribution in [2.75, 3.05) is 37.2 Å². The van der Waals surface area contributed by atoms with Gasteiger partial charge in [0, 0.05) is 13.1 Å². The van der Waals surface area contributed by atoms with E-state index in [9.17, 15) is 0 Å². The van der Waals surface area contributed by atoms with Crippen molar-refractivity contribution in [3.05, 3.63) is 17.8 Å². The summed E-state index contributed by atoms with van der Waals surface area (Å²) < 4.78 is 0. The summed E-state index contributed by atoms with van der Waals surface area (Å²) in [6, 6.07) is 5.46. The van der Waals surface area contributed by atoms with E-state index >= 15 is 0 Å². The lowest BCUT2D eigenvalue weighted by Gasteiger charge is -2.18. The number of nitrogens with two attached hydrogens (primary N) is 1. The van der Waals surface area contributed by atoms with Gasteiger partial charge in [0.2, 0.25) is 0 Å². The molecule has 0 atom stereocenters. The first kappa shape index (κ1) is 13.3. The molecule has 1 rings (SSSR count). The lowest BCUT2D eigenvalue weighted by molar-refractivity contribution is 0.316. The molecule has 1 aromatic rings. The maximum Gasteiger partial charge on any atom is 0.165 e. The Morgan fingerprint density at radius 3 is 2.71 bits per heavy atom. The molecule has 92 valence electrons. The Kier molecular flexibility index (Phi) is 5.24. The summed E-state index contributed by atoms with van der Waals surface area (Å²) in [6.07, 6.45) is 0. The summed E-state index contributed by atoms with van der Waals surface area (Å²) in [7, 11) is 0. The van der Waals surface area contributed by atoms with E-state index in [4.69, 9.17) is 11.0 Å². The Balaban J connectivity index is 2.50. The minimum Gasteiger partial charge on any atom is -0.396 e. The van der Waals surface area contributed by atoms with Crippen molar-refractivity contribution in [3.63, 3.8) is 0 Å². The zero-order valence-corrected chi connectivity index (χ0v) is 10.4. The molecule has 0 bridgehead atoms. The Morgan fingerprint density at radius 1 is 1.41 bits per heavy atom. The number of nitrogens with zero attached hydrogens (tertiary/aromatic N) is 3. The normalized spacial score (nSPS) is 10.2. The van der Waals surface area contributed by atoms with Crippen LogP contribution in [0.25, 0.3) is 0 Å². The second kappa shape index (κ2) is 6.71. The van der Waals surface area contributed by atoms with Crippen LogP contribution in [-0.2, 0) is 0 Å². The number of hydrogen-bond donors (Lipinski definition) is 2. The average molecular weight is 233 g/mol. The Hall–Kier alpha value is -1.80. The van der Waals surface area contributed by atoms with Gasteiger partial charge in [0.05, 0.1) is 5.69 Å². The predicted molar refractivity (Wildman–Crippen MR) is 69.6 cm³/mol. The predicted octanol–water partition coefficient (Wildman–Crippen LogP) is 1.29. The highest BCUT2D eigenvalue weighted by Gasteiger charge is 2.02. The number of nitriles is 1. The first-order chi connectivity index (χ1) is 8.21. The zero-order valence-electron chi connectivity index (χ0n) is 10.4. The number of rotatable bonds is 6. The van der Waals surface area contributed by atoms with Crippen molar-refractivity contribution in [3.8, 4) is 6.07 Å². The van der Waals surface area contributed by atoms with Gasteiger partial charge in [-0.2, -0.15) is 5.26 Å². The van der Waals surface area contributed by atoms with Crippen LogP contribution in [0.1, 0.15) is 19.5 Å². The third-order valence-corrected chi connectivity index (χ3v) is 2.66. The largest absolute Gasteiger partial charge is 0.396 e. The first-order valence-corrected chi connectivity index (χ1v) is 5.84. The van der Waals surface area contributed by atoms with E-state index in [1.165, 1.54) is 0 Å².